The maximum Gasteiger partial charge on any atom is 0.123 e. The summed E-state index contributed by atoms with van der Waals surface area (Å²) < 4.78 is 12.6. The van der Waals surface area contributed by atoms with Crippen molar-refractivity contribution in [1.82, 2.24) is 4.98 Å². The lowest BCUT2D eigenvalue weighted by Crippen LogP contribution is -1.73. The Morgan fingerprint density at radius 3 is 2.46 bits per heavy atom. The van der Waals surface area contributed by atoms with Gasteiger partial charge in [-0.05, 0) is 24.6 Å². The maximum absolute atomic E-state index is 12.6. The minimum absolute atomic E-state index is 0.204. The Balaban J connectivity index is 2.41. The van der Waals surface area contributed by atoms with Crippen LogP contribution in [0.1, 0.15) is 5.01 Å². The van der Waals surface area contributed by atoms with Crippen LogP contribution in [0.15, 0.2) is 30.5 Å². The van der Waals surface area contributed by atoms with Crippen molar-refractivity contribution in [2.75, 3.05) is 0 Å². The molecule has 0 aliphatic rings. The molecule has 1 heterocycles. The molecule has 1 aromatic heterocycles. The van der Waals surface area contributed by atoms with E-state index in [1.807, 2.05) is 13.1 Å². The molecule has 3 heteroatoms. The van der Waals surface area contributed by atoms with Gasteiger partial charge < -0.3 is 0 Å². The Bertz CT molecular complexity index is 405. The predicted octanol–water partition coefficient (Wildman–Crippen LogP) is 3.26. The molecule has 0 saturated heterocycles. The third-order valence-electron chi connectivity index (χ3n) is 1.75. The molecule has 0 unspecified atom stereocenters. The first-order chi connectivity index (χ1) is 6.25. The van der Waals surface area contributed by atoms with E-state index in [0.29, 0.717) is 0 Å². The third-order valence-corrected chi connectivity index (χ3v) is 2.71. The molecule has 0 spiro atoms. The third kappa shape index (κ3) is 1.75. The van der Waals surface area contributed by atoms with Crippen LogP contribution in [0.3, 0.4) is 0 Å². The number of aromatic nitrogens is 1. The highest BCUT2D eigenvalue weighted by atomic mass is 32.1. The van der Waals surface area contributed by atoms with Crippen molar-refractivity contribution in [3.63, 3.8) is 0 Å². The van der Waals surface area contributed by atoms with Gasteiger partial charge in [0.15, 0.2) is 0 Å². The minimum Gasteiger partial charge on any atom is -0.249 e. The Labute approximate surface area is 79.9 Å². The molecule has 0 amide bonds. The number of hydrogen-bond acceptors (Lipinski definition) is 2. The molecular weight excluding hydrogens is 185 g/mol. The summed E-state index contributed by atoms with van der Waals surface area (Å²) in [5, 5.41) is 1.03. The smallest absolute Gasteiger partial charge is 0.123 e. The highest BCUT2D eigenvalue weighted by Gasteiger charge is 2.00. The van der Waals surface area contributed by atoms with Crippen molar-refractivity contribution in [3.8, 4) is 10.4 Å². The fraction of sp³-hybridized carbons (Fsp3) is 0.100. The first kappa shape index (κ1) is 8.38. The van der Waals surface area contributed by atoms with Crippen molar-refractivity contribution in [3.05, 3.63) is 41.3 Å². The van der Waals surface area contributed by atoms with Crippen LogP contribution >= 0.6 is 11.3 Å². The fourth-order valence-corrected chi connectivity index (χ4v) is 1.89. The molecule has 1 nitrogen and oxygen atoms in total. The van der Waals surface area contributed by atoms with Gasteiger partial charge in [0.1, 0.15) is 5.82 Å². The number of rotatable bonds is 1. The van der Waals surface area contributed by atoms with Crippen LogP contribution in [0, 0.1) is 12.7 Å². The van der Waals surface area contributed by atoms with E-state index in [-0.39, 0.29) is 5.82 Å². The zero-order valence-electron chi connectivity index (χ0n) is 7.12. The summed E-state index contributed by atoms with van der Waals surface area (Å²) in [5.41, 5.74) is 1.02. The molecule has 0 N–H and O–H groups in total. The molecule has 13 heavy (non-hydrogen) atoms. The van der Waals surface area contributed by atoms with Crippen molar-refractivity contribution in [1.29, 1.82) is 0 Å². The van der Waals surface area contributed by atoms with Gasteiger partial charge in [0, 0.05) is 6.20 Å². The second-order valence-corrected chi connectivity index (χ2v) is 3.99. The lowest BCUT2D eigenvalue weighted by molar-refractivity contribution is 0.628. The van der Waals surface area contributed by atoms with Gasteiger partial charge in [-0.25, -0.2) is 9.37 Å². The van der Waals surface area contributed by atoms with Crippen molar-refractivity contribution in [2.45, 2.75) is 6.92 Å². The summed E-state index contributed by atoms with van der Waals surface area (Å²) in [6.07, 6.45) is 1.81. The Kier molecular flexibility index (Phi) is 2.10. The summed E-state index contributed by atoms with van der Waals surface area (Å²) in [6, 6.07) is 6.46. The number of benzene rings is 1. The van der Waals surface area contributed by atoms with E-state index in [0.717, 1.165) is 15.4 Å². The monoisotopic (exact) mass is 193 g/mol. The summed E-state index contributed by atoms with van der Waals surface area (Å²) in [6.45, 7) is 1.96. The average molecular weight is 193 g/mol. The van der Waals surface area contributed by atoms with Crippen molar-refractivity contribution < 1.29 is 4.39 Å². The number of thiazole rings is 1. The maximum atomic E-state index is 12.6. The second-order valence-electron chi connectivity index (χ2n) is 2.75. The summed E-state index contributed by atoms with van der Waals surface area (Å²) in [5.74, 6) is -0.204. The second kappa shape index (κ2) is 3.26. The molecule has 0 aliphatic heterocycles. The highest BCUT2D eigenvalue weighted by Crippen LogP contribution is 2.25. The van der Waals surface area contributed by atoms with E-state index >= 15 is 0 Å². The van der Waals surface area contributed by atoms with E-state index in [9.17, 15) is 4.39 Å². The molecule has 2 rings (SSSR count). The van der Waals surface area contributed by atoms with Crippen molar-refractivity contribution in [2.24, 2.45) is 0 Å². The lowest BCUT2D eigenvalue weighted by Gasteiger charge is -1.94. The molecule has 1 aromatic carbocycles. The predicted molar refractivity (Wildman–Crippen MR) is 52.2 cm³/mol. The van der Waals surface area contributed by atoms with Crippen LogP contribution in [-0.4, -0.2) is 4.98 Å². The molecule has 0 radical (unpaired) electrons. The minimum atomic E-state index is -0.204. The average Bonchev–Trinajstić information content (AvgIpc) is 2.53. The van der Waals surface area contributed by atoms with Gasteiger partial charge in [0.25, 0.3) is 0 Å². The topological polar surface area (TPSA) is 12.9 Å². The van der Waals surface area contributed by atoms with Gasteiger partial charge in [-0.1, -0.05) is 12.1 Å². The summed E-state index contributed by atoms with van der Waals surface area (Å²) in [4.78, 5) is 5.22. The quantitative estimate of drug-likeness (QED) is 0.677. The van der Waals surface area contributed by atoms with Crippen LogP contribution < -0.4 is 0 Å². The van der Waals surface area contributed by atoms with Gasteiger partial charge in [0.05, 0.1) is 9.88 Å². The Hall–Kier alpha value is -1.22. The van der Waals surface area contributed by atoms with Gasteiger partial charge in [0.2, 0.25) is 0 Å². The van der Waals surface area contributed by atoms with Gasteiger partial charge in [-0.15, -0.1) is 11.3 Å². The normalized spacial score (nSPS) is 10.3. The standard InChI is InChI=1S/C10H8FNS/c1-7-12-6-10(13-7)8-2-4-9(11)5-3-8/h2-6H,1H3. The van der Waals surface area contributed by atoms with Crippen LogP contribution in [-0.2, 0) is 0 Å². The zero-order valence-corrected chi connectivity index (χ0v) is 7.94. The van der Waals surface area contributed by atoms with E-state index in [4.69, 9.17) is 0 Å². The lowest BCUT2D eigenvalue weighted by atomic mass is 10.2. The fourth-order valence-electron chi connectivity index (χ4n) is 1.11. The Morgan fingerprint density at radius 2 is 1.92 bits per heavy atom. The highest BCUT2D eigenvalue weighted by molar-refractivity contribution is 7.15. The Morgan fingerprint density at radius 1 is 1.23 bits per heavy atom. The van der Waals surface area contributed by atoms with E-state index < -0.39 is 0 Å². The molecule has 66 valence electrons. The van der Waals surface area contributed by atoms with Crippen LogP contribution in [0.2, 0.25) is 0 Å². The zero-order chi connectivity index (χ0) is 9.26. The largest absolute Gasteiger partial charge is 0.249 e. The van der Waals surface area contributed by atoms with Crippen LogP contribution in [0.25, 0.3) is 10.4 Å². The van der Waals surface area contributed by atoms with E-state index in [1.54, 1.807) is 23.5 Å². The SMILES string of the molecule is Cc1ncc(-c2ccc(F)cc2)s1. The molecule has 0 saturated carbocycles. The van der Waals surface area contributed by atoms with E-state index in [2.05, 4.69) is 4.98 Å². The van der Waals surface area contributed by atoms with E-state index in [1.165, 1.54) is 12.1 Å². The number of aryl methyl sites for hydroxylation is 1. The summed E-state index contributed by atoms with van der Waals surface area (Å²) >= 11 is 1.61. The number of halogens is 1. The molecule has 2 aromatic rings. The first-order valence-electron chi connectivity index (χ1n) is 3.94. The summed E-state index contributed by atoms with van der Waals surface area (Å²) in [7, 11) is 0. The molecule has 0 aliphatic carbocycles. The van der Waals surface area contributed by atoms with Gasteiger partial charge in [-0.3, -0.25) is 0 Å². The van der Waals surface area contributed by atoms with Gasteiger partial charge >= 0.3 is 0 Å². The number of hydrogen-bond donors (Lipinski definition) is 0. The first-order valence-corrected chi connectivity index (χ1v) is 4.76. The number of nitrogens with zero attached hydrogens (tertiary/aromatic N) is 1. The molecule has 0 atom stereocenters. The van der Waals surface area contributed by atoms with Crippen molar-refractivity contribution >= 4 is 11.3 Å². The molecular formula is C10H8FNS. The van der Waals surface area contributed by atoms with Crippen LogP contribution in [0.4, 0.5) is 4.39 Å². The molecule has 0 bridgehead atoms. The van der Waals surface area contributed by atoms with Crippen LogP contribution in [0.5, 0.6) is 0 Å². The molecule has 0 fully saturated rings. The van der Waals surface area contributed by atoms with Gasteiger partial charge in [-0.2, -0.15) is 0 Å².